The number of nitrogens with zero attached hydrogens (tertiary/aromatic N) is 1. The van der Waals surface area contributed by atoms with Gasteiger partial charge in [-0.2, -0.15) is 0 Å². The van der Waals surface area contributed by atoms with Crippen LogP contribution in [0.15, 0.2) is 42.6 Å². The highest BCUT2D eigenvalue weighted by molar-refractivity contribution is 6.35. The van der Waals surface area contributed by atoms with Crippen molar-refractivity contribution in [1.82, 2.24) is 4.57 Å². The monoisotopic (exact) mass is 447 g/mol. The van der Waals surface area contributed by atoms with Gasteiger partial charge in [-0.15, -0.1) is 0 Å². The van der Waals surface area contributed by atoms with E-state index in [4.69, 9.17) is 21.1 Å². The summed E-state index contributed by atoms with van der Waals surface area (Å²) < 4.78 is 13.0. The van der Waals surface area contributed by atoms with Gasteiger partial charge in [-0.3, -0.25) is 0 Å². The predicted octanol–water partition coefficient (Wildman–Crippen LogP) is 2.17. The van der Waals surface area contributed by atoms with Crippen LogP contribution in [0, 0.1) is 6.92 Å². The van der Waals surface area contributed by atoms with Gasteiger partial charge in [0.05, 0.1) is 24.3 Å². The second-order valence-corrected chi connectivity index (χ2v) is 8.30. The first kappa shape index (κ1) is 22.1. The summed E-state index contributed by atoms with van der Waals surface area (Å²) in [6.07, 6.45) is -4.30. The summed E-state index contributed by atoms with van der Waals surface area (Å²) in [5.41, 5.74) is 3.38. The topological polar surface area (TPSA) is 104 Å². The van der Waals surface area contributed by atoms with Crippen LogP contribution in [0.1, 0.15) is 22.8 Å². The van der Waals surface area contributed by atoms with E-state index in [0.29, 0.717) is 17.1 Å². The molecule has 0 bridgehead atoms. The van der Waals surface area contributed by atoms with Crippen molar-refractivity contribution in [3.63, 3.8) is 0 Å². The standard InChI is InChI=1S/C23H26ClNO6/c1-12-3-8-16(24)19-18(12)15(23-22(29)21(28)20(27)17(11-26)31-23)10-25(19)9-13-4-6-14(30-2)7-5-13/h3-8,10,17,20-23,26-29H,9,11H2,1-2H3/t17-,20-,21+,22-,23+/m1/s1. The summed E-state index contributed by atoms with van der Waals surface area (Å²) in [5.74, 6) is 0.761. The molecule has 0 saturated carbocycles. The lowest BCUT2D eigenvalue weighted by atomic mass is 9.90. The molecule has 2 heterocycles. The molecule has 4 N–H and O–H groups in total. The maximum absolute atomic E-state index is 10.7. The van der Waals surface area contributed by atoms with Gasteiger partial charge in [0, 0.05) is 23.7 Å². The number of aliphatic hydroxyl groups is 4. The zero-order chi connectivity index (χ0) is 22.3. The molecule has 0 amide bonds. The Kier molecular flexibility index (Phi) is 6.25. The van der Waals surface area contributed by atoms with E-state index < -0.39 is 37.1 Å². The predicted molar refractivity (Wildman–Crippen MR) is 117 cm³/mol. The maximum atomic E-state index is 10.7. The fourth-order valence-corrected chi connectivity index (χ4v) is 4.50. The Bertz CT molecular complexity index is 1060. The van der Waals surface area contributed by atoms with E-state index >= 15 is 0 Å². The van der Waals surface area contributed by atoms with Gasteiger partial charge in [0.15, 0.2) is 0 Å². The highest BCUT2D eigenvalue weighted by Gasteiger charge is 2.45. The smallest absolute Gasteiger partial charge is 0.118 e. The van der Waals surface area contributed by atoms with Crippen molar-refractivity contribution >= 4 is 22.5 Å². The van der Waals surface area contributed by atoms with Crippen LogP contribution >= 0.6 is 11.6 Å². The van der Waals surface area contributed by atoms with Crippen LogP contribution in [0.3, 0.4) is 0 Å². The average molecular weight is 448 g/mol. The molecule has 0 spiro atoms. The average Bonchev–Trinajstić information content (AvgIpc) is 3.15. The fraction of sp³-hybridized carbons (Fsp3) is 0.391. The van der Waals surface area contributed by atoms with Crippen LogP contribution in [0.2, 0.25) is 5.02 Å². The highest BCUT2D eigenvalue weighted by Crippen LogP contribution is 2.40. The van der Waals surface area contributed by atoms with Crippen molar-refractivity contribution in [2.45, 2.75) is 44.0 Å². The molecule has 0 unspecified atom stereocenters. The first-order valence-electron chi connectivity index (χ1n) is 10.1. The Hall–Kier alpha value is -2.13. The first-order valence-corrected chi connectivity index (χ1v) is 10.4. The normalized spacial score (nSPS) is 26.4. The molecular formula is C23H26ClNO6. The molecule has 1 saturated heterocycles. The minimum absolute atomic E-state index is 0.480. The van der Waals surface area contributed by atoms with Crippen molar-refractivity contribution < 1.29 is 29.9 Å². The molecule has 166 valence electrons. The number of methoxy groups -OCH3 is 1. The molecule has 7 nitrogen and oxygen atoms in total. The molecule has 4 rings (SSSR count). The van der Waals surface area contributed by atoms with Gasteiger partial charge in [0.2, 0.25) is 0 Å². The molecule has 1 aromatic heterocycles. The number of hydrogen-bond acceptors (Lipinski definition) is 6. The van der Waals surface area contributed by atoms with Gasteiger partial charge < -0.3 is 34.5 Å². The largest absolute Gasteiger partial charge is 0.497 e. The molecule has 1 aliphatic rings. The Morgan fingerprint density at radius 3 is 2.39 bits per heavy atom. The molecule has 5 atom stereocenters. The van der Waals surface area contributed by atoms with E-state index in [0.717, 1.165) is 27.8 Å². The Morgan fingerprint density at radius 2 is 1.74 bits per heavy atom. The number of ether oxygens (including phenoxy) is 2. The minimum Gasteiger partial charge on any atom is -0.497 e. The van der Waals surface area contributed by atoms with Crippen molar-refractivity contribution in [3.05, 3.63) is 64.3 Å². The van der Waals surface area contributed by atoms with Gasteiger partial charge in [0.1, 0.15) is 36.3 Å². The van der Waals surface area contributed by atoms with Crippen molar-refractivity contribution in [1.29, 1.82) is 0 Å². The number of hydrogen-bond donors (Lipinski definition) is 4. The van der Waals surface area contributed by atoms with Crippen LogP contribution in [0.5, 0.6) is 5.75 Å². The third-order valence-electron chi connectivity index (χ3n) is 5.92. The molecule has 2 aromatic carbocycles. The van der Waals surface area contributed by atoms with E-state index in [1.807, 2.05) is 54.1 Å². The zero-order valence-corrected chi connectivity index (χ0v) is 18.0. The lowest BCUT2D eigenvalue weighted by molar-refractivity contribution is -0.231. The number of aliphatic hydroxyl groups excluding tert-OH is 4. The summed E-state index contributed by atoms with van der Waals surface area (Å²) in [6.45, 7) is 1.97. The zero-order valence-electron chi connectivity index (χ0n) is 17.3. The van der Waals surface area contributed by atoms with Crippen molar-refractivity contribution in [2.75, 3.05) is 13.7 Å². The molecule has 8 heteroatoms. The number of rotatable bonds is 5. The number of benzene rings is 2. The molecule has 1 aliphatic heterocycles. The molecule has 0 aliphatic carbocycles. The van der Waals surface area contributed by atoms with E-state index in [1.54, 1.807) is 7.11 Å². The van der Waals surface area contributed by atoms with Gasteiger partial charge in [-0.1, -0.05) is 29.8 Å². The quantitative estimate of drug-likeness (QED) is 0.478. The molecular weight excluding hydrogens is 422 g/mol. The lowest BCUT2D eigenvalue weighted by Crippen LogP contribution is -2.55. The van der Waals surface area contributed by atoms with Gasteiger partial charge in [0.25, 0.3) is 0 Å². The summed E-state index contributed by atoms with van der Waals surface area (Å²) >= 11 is 6.57. The summed E-state index contributed by atoms with van der Waals surface area (Å²) in [6, 6.07) is 11.4. The molecule has 1 fully saturated rings. The second-order valence-electron chi connectivity index (χ2n) is 7.90. The second kappa shape index (κ2) is 8.78. The number of aromatic nitrogens is 1. The number of fused-ring (bicyclic) bond motifs is 1. The van der Waals surface area contributed by atoms with Crippen LogP contribution in [0.25, 0.3) is 10.9 Å². The van der Waals surface area contributed by atoms with Crippen LogP contribution < -0.4 is 4.74 Å². The highest BCUT2D eigenvalue weighted by atomic mass is 35.5. The van der Waals surface area contributed by atoms with Gasteiger partial charge >= 0.3 is 0 Å². The fourth-order valence-electron chi connectivity index (χ4n) is 4.24. The van der Waals surface area contributed by atoms with Crippen molar-refractivity contribution in [2.24, 2.45) is 0 Å². The molecule has 0 radical (unpaired) electrons. The van der Waals surface area contributed by atoms with Gasteiger partial charge in [-0.25, -0.2) is 0 Å². The lowest BCUT2D eigenvalue weighted by Gasteiger charge is -2.40. The summed E-state index contributed by atoms with van der Waals surface area (Å²) in [4.78, 5) is 0. The van der Waals surface area contributed by atoms with Crippen LogP contribution in [-0.4, -0.2) is 63.1 Å². The third-order valence-corrected chi connectivity index (χ3v) is 6.22. The van der Waals surface area contributed by atoms with Crippen LogP contribution in [-0.2, 0) is 11.3 Å². The van der Waals surface area contributed by atoms with Crippen molar-refractivity contribution in [3.8, 4) is 5.75 Å². The molecule has 31 heavy (non-hydrogen) atoms. The Morgan fingerprint density at radius 1 is 1.03 bits per heavy atom. The Labute approximate surface area is 185 Å². The summed E-state index contributed by atoms with van der Waals surface area (Å²) in [5, 5.41) is 42.0. The van der Waals surface area contributed by atoms with E-state index in [2.05, 4.69) is 0 Å². The molecule has 3 aromatic rings. The van der Waals surface area contributed by atoms with E-state index in [1.165, 1.54) is 0 Å². The minimum atomic E-state index is -1.45. The first-order chi connectivity index (χ1) is 14.8. The third kappa shape index (κ3) is 3.93. The van der Waals surface area contributed by atoms with Gasteiger partial charge in [-0.05, 0) is 36.2 Å². The van der Waals surface area contributed by atoms with Crippen LogP contribution in [0.4, 0.5) is 0 Å². The van der Waals surface area contributed by atoms with E-state index in [9.17, 15) is 20.4 Å². The number of halogens is 1. The Balaban J connectivity index is 1.81. The number of aryl methyl sites for hydroxylation is 1. The maximum Gasteiger partial charge on any atom is 0.118 e. The summed E-state index contributed by atoms with van der Waals surface area (Å²) in [7, 11) is 1.61. The van der Waals surface area contributed by atoms with E-state index in [-0.39, 0.29) is 0 Å². The SMILES string of the molecule is COc1ccc(Cn2cc([C@@H]3O[C@H](CO)[C@@H](O)[C@H](O)[C@H]3O)c3c(C)ccc(Cl)c32)cc1.